The van der Waals surface area contributed by atoms with E-state index in [-0.39, 0.29) is 6.42 Å². The van der Waals surface area contributed by atoms with Crippen LogP contribution in [0.5, 0.6) is 0 Å². The Morgan fingerprint density at radius 3 is 2.65 bits per heavy atom. The number of nitrogens with two attached hydrogens (primary N) is 1. The van der Waals surface area contributed by atoms with E-state index in [9.17, 15) is 9.59 Å². The molecule has 0 bridgehead atoms. The van der Waals surface area contributed by atoms with Crippen LogP contribution in [0, 0.1) is 0 Å². The van der Waals surface area contributed by atoms with E-state index in [0.717, 1.165) is 5.56 Å². The van der Waals surface area contributed by atoms with Crippen LogP contribution in [-0.2, 0) is 16.0 Å². The molecule has 0 fully saturated rings. The Morgan fingerprint density at radius 1 is 1.45 bits per heavy atom. The molecule has 0 saturated carbocycles. The van der Waals surface area contributed by atoms with Gasteiger partial charge in [-0.1, -0.05) is 6.07 Å². The summed E-state index contributed by atoms with van der Waals surface area (Å²) in [6, 6.07) is 2.74. The molecule has 20 heavy (non-hydrogen) atoms. The third-order valence-electron chi connectivity index (χ3n) is 2.31. The Balaban J connectivity index is 2.70. The average Bonchev–Trinajstić information content (AvgIpc) is 2.36. The third kappa shape index (κ3) is 5.66. The van der Waals surface area contributed by atoms with E-state index in [1.54, 1.807) is 45.3 Å². The Bertz CT molecular complexity index is 456. The molecule has 110 valence electrons. The van der Waals surface area contributed by atoms with Gasteiger partial charge in [0.2, 0.25) is 0 Å². The minimum absolute atomic E-state index is 0.274. The summed E-state index contributed by atoms with van der Waals surface area (Å²) < 4.78 is 5.11. The van der Waals surface area contributed by atoms with Gasteiger partial charge < -0.3 is 10.1 Å². The molecular formula is C13H20N4O3. The molecular weight excluding hydrogens is 260 g/mol. The zero-order chi connectivity index (χ0) is 15.2. The van der Waals surface area contributed by atoms with Crippen molar-refractivity contribution in [3.8, 4) is 0 Å². The summed E-state index contributed by atoms with van der Waals surface area (Å²) in [6.45, 7) is 5.23. The molecule has 0 aliphatic rings. The zero-order valence-corrected chi connectivity index (χ0v) is 11.8. The van der Waals surface area contributed by atoms with E-state index < -0.39 is 23.6 Å². The van der Waals surface area contributed by atoms with E-state index in [0.29, 0.717) is 0 Å². The number of nitrogens with one attached hydrogen (secondary N) is 2. The number of rotatable bonds is 4. The number of aromatic nitrogens is 1. The lowest BCUT2D eigenvalue weighted by atomic mass is 10.1. The second-order valence-electron chi connectivity index (χ2n) is 5.27. The fourth-order valence-electron chi connectivity index (χ4n) is 1.51. The smallest absolute Gasteiger partial charge is 0.408 e. The Morgan fingerprint density at radius 2 is 2.15 bits per heavy atom. The molecule has 1 aromatic rings. The first-order valence-corrected chi connectivity index (χ1v) is 6.20. The van der Waals surface area contributed by atoms with Gasteiger partial charge in [-0.25, -0.2) is 10.6 Å². The van der Waals surface area contributed by atoms with Crippen LogP contribution in [0.1, 0.15) is 26.3 Å². The van der Waals surface area contributed by atoms with Gasteiger partial charge >= 0.3 is 6.09 Å². The van der Waals surface area contributed by atoms with Crippen LogP contribution >= 0.6 is 0 Å². The van der Waals surface area contributed by atoms with Gasteiger partial charge in [-0.15, -0.1) is 0 Å². The van der Waals surface area contributed by atoms with Crippen molar-refractivity contribution < 1.29 is 14.3 Å². The normalized spacial score (nSPS) is 12.4. The summed E-state index contributed by atoms with van der Waals surface area (Å²) in [7, 11) is 0. The largest absolute Gasteiger partial charge is 0.444 e. The van der Waals surface area contributed by atoms with Crippen molar-refractivity contribution in [1.82, 2.24) is 15.7 Å². The lowest BCUT2D eigenvalue weighted by Crippen LogP contribution is -2.51. The highest BCUT2D eigenvalue weighted by molar-refractivity contribution is 5.85. The van der Waals surface area contributed by atoms with Crippen LogP contribution in [-0.4, -0.2) is 28.6 Å². The maximum absolute atomic E-state index is 11.7. The van der Waals surface area contributed by atoms with E-state index in [1.807, 2.05) is 5.43 Å². The average molecular weight is 280 g/mol. The molecule has 0 saturated heterocycles. The highest BCUT2D eigenvalue weighted by atomic mass is 16.6. The van der Waals surface area contributed by atoms with Crippen molar-refractivity contribution in [2.75, 3.05) is 0 Å². The zero-order valence-electron chi connectivity index (χ0n) is 11.8. The number of ether oxygens (including phenoxy) is 1. The highest BCUT2D eigenvalue weighted by Crippen LogP contribution is 2.08. The number of carbonyl (C=O) groups is 2. The second kappa shape index (κ2) is 6.85. The predicted molar refractivity (Wildman–Crippen MR) is 73.4 cm³/mol. The quantitative estimate of drug-likeness (QED) is 0.423. The molecule has 0 aliphatic carbocycles. The molecule has 1 rings (SSSR count). The topological polar surface area (TPSA) is 106 Å². The SMILES string of the molecule is CC(C)(C)OC(=O)NC(Cc1cccnc1)C(=O)NN. The van der Waals surface area contributed by atoms with E-state index in [2.05, 4.69) is 10.3 Å². The monoisotopic (exact) mass is 280 g/mol. The van der Waals surface area contributed by atoms with Gasteiger partial charge in [-0.2, -0.15) is 0 Å². The predicted octanol–water partition coefficient (Wildman–Crippen LogP) is 0.507. The maximum Gasteiger partial charge on any atom is 0.408 e. The molecule has 1 unspecified atom stereocenters. The van der Waals surface area contributed by atoms with Crippen LogP contribution in [0.25, 0.3) is 0 Å². The Kier molecular flexibility index (Phi) is 5.45. The molecule has 1 heterocycles. The molecule has 0 aromatic carbocycles. The van der Waals surface area contributed by atoms with Crippen molar-refractivity contribution >= 4 is 12.0 Å². The van der Waals surface area contributed by atoms with Crippen molar-refractivity contribution in [3.05, 3.63) is 30.1 Å². The van der Waals surface area contributed by atoms with Crippen molar-refractivity contribution in [1.29, 1.82) is 0 Å². The Labute approximate surface area is 117 Å². The molecule has 1 atom stereocenters. The van der Waals surface area contributed by atoms with Crippen molar-refractivity contribution in [3.63, 3.8) is 0 Å². The second-order valence-corrected chi connectivity index (χ2v) is 5.27. The fourth-order valence-corrected chi connectivity index (χ4v) is 1.51. The van der Waals surface area contributed by atoms with Gasteiger partial charge in [0.05, 0.1) is 0 Å². The molecule has 4 N–H and O–H groups in total. The minimum atomic E-state index is -0.820. The van der Waals surface area contributed by atoms with Crippen molar-refractivity contribution in [2.24, 2.45) is 5.84 Å². The first kappa shape index (κ1) is 15.9. The van der Waals surface area contributed by atoms with Crippen LogP contribution < -0.4 is 16.6 Å². The number of hydrogen-bond acceptors (Lipinski definition) is 5. The lowest BCUT2D eigenvalue weighted by molar-refractivity contribution is -0.123. The van der Waals surface area contributed by atoms with Crippen molar-refractivity contribution in [2.45, 2.75) is 38.8 Å². The number of nitrogens with zero attached hydrogens (tertiary/aromatic N) is 1. The summed E-state index contributed by atoms with van der Waals surface area (Å²) >= 11 is 0. The van der Waals surface area contributed by atoms with Gasteiger partial charge in [-0.3, -0.25) is 15.2 Å². The number of alkyl carbamates (subject to hydrolysis) is 1. The summed E-state index contributed by atoms with van der Waals surface area (Å²) in [6.07, 6.45) is 2.85. The van der Waals surface area contributed by atoms with Gasteiger partial charge in [0.25, 0.3) is 5.91 Å². The summed E-state index contributed by atoms with van der Waals surface area (Å²) in [4.78, 5) is 27.4. The van der Waals surface area contributed by atoms with Crippen LogP contribution in [0.2, 0.25) is 0 Å². The number of hydrazine groups is 1. The van der Waals surface area contributed by atoms with Crippen LogP contribution in [0.4, 0.5) is 4.79 Å². The van der Waals surface area contributed by atoms with E-state index >= 15 is 0 Å². The lowest BCUT2D eigenvalue weighted by Gasteiger charge is -2.22. The highest BCUT2D eigenvalue weighted by Gasteiger charge is 2.24. The van der Waals surface area contributed by atoms with Crippen LogP contribution in [0.3, 0.4) is 0 Å². The summed E-state index contributed by atoms with van der Waals surface area (Å²) in [5.41, 5.74) is 2.19. The number of amides is 2. The van der Waals surface area contributed by atoms with Crippen LogP contribution in [0.15, 0.2) is 24.5 Å². The standard InChI is InChI=1S/C13H20N4O3/c1-13(2,3)20-12(19)16-10(11(18)17-14)7-9-5-4-6-15-8-9/h4-6,8,10H,7,14H2,1-3H3,(H,16,19)(H,17,18). The van der Waals surface area contributed by atoms with Gasteiger partial charge in [0.1, 0.15) is 11.6 Å². The first-order valence-electron chi connectivity index (χ1n) is 6.20. The number of pyridine rings is 1. The molecule has 7 heteroatoms. The van der Waals surface area contributed by atoms with E-state index in [4.69, 9.17) is 10.6 Å². The number of carbonyl (C=O) groups excluding carboxylic acids is 2. The van der Waals surface area contributed by atoms with E-state index in [1.165, 1.54) is 0 Å². The van der Waals surface area contributed by atoms with Gasteiger partial charge in [0, 0.05) is 18.8 Å². The summed E-state index contributed by atoms with van der Waals surface area (Å²) in [5.74, 6) is 4.62. The minimum Gasteiger partial charge on any atom is -0.444 e. The molecule has 1 aromatic heterocycles. The molecule has 7 nitrogen and oxygen atoms in total. The van der Waals surface area contributed by atoms with Gasteiger partial charge in [0.15, 0.2) is 0 Å². The fraction of sp³-hybridized carbons (Fsp3) is 0.462. The molecule has 0 spiro atoms. The maximum atomic E-state index is 11.7. The molecule has 2 amide bonds. The first-order chi connectivity index (χ1) is 9.31. The summed E-state index contributed by atoms with van der Waals surface area (Å²) in [5, 5.41) is 2.49. The number of hydrogen-bond donors (Lipinski definition) is 3. The molecule has 0 radical (unpaired) electrons. The van der Waals surface area contributed by atoms with Gasteiger partial charge in [-0.05, 0) is 32.4 Å². The molecule has 0 aliphatic heterocycles. The Hall–Kier alpha value is -2.15. The third-order valence-corrected chi connectivity index (χ3v) is 2.31.